The normalized spacial score (nSPS) is 15.2. The molecule has 54 valence electrons. The second kappa shape index (κ2) is 2.43. The van der Waals surface area contributed by atoms with E-state index in [9.17, 15) is 9.18 Å². The number of hydrogen-bond donors (Lipinski definition) is 1. The number of nitrogens with two attached hydrogens (primary N) is 1. The lowest BCUT2D eigenvalue weighted by Crippen LogP contribution is -2.35. The third-order valence-electron chi connectivity index (χ3n) is 0.990. The number of ketones is 1. The van der Waals surface area contributed by atoms with Crippen molar-refractivity contribution in [3.05, 3.63) is 0 Å². The van der Waals surface area contributed by atoms with E-state index in [1.54, 1.807) is 20.8 Å². The summed E-state index contributed by atoms with van der Waals surface area (Å²) in [5.41, 5.74) is 4.05. The monoisotopic (exact) mass is 133 g/mol. The van der Waals surface area contributed by atoms with Crippen molar-refractivity contribution in [3.63, 3.8) is 0 Å². The minimum absolute atomic E-state index is 0.553. The van der Waals surface area contributed by atoms with Crippen molar-refractivity contribution in [2.75, 3.05) is 0 Å². The minimum atomic E-state index is -1.83. The Morgan fingerprint density at radius 2 is 1.89 bits per heavy atom. The van der Waals surface area contributed by atoms with Crippen LogP contribution in [0.5, 0.6) is 0 Å². The summed E-state index contributed by atoms with van der Waals surface area (Å²) >= 11 is 0. The topological polar surface area (TPSA) is 43.1 Å². The van der Waals surface area contributed by atoms with Crippen molar-refractivity contribution in [3.8, 4) is 0 Å². The molecule has 0 fully saturated rings. The molecule has 0 saturated heterocycles. The molecule has 1 atom stereocenters. The van der Waals surface area contributed by atoms with Gasteiger partial charge in [0.05, 0.1) is 0 Å². The largest absolute Gasteiger partial charge is 0.295 e. The van der Waals surface area contributed by atoms with Gasteiger partial charge in [-0.25, -0.2) is 4.39 Å². The van der Waals surface area contributed by atoms with Crippen LogP contribution in [0.3, 0.4) is 0 Å². The van der Waals surface area contributed by atoms with E-state index in [2.05, 4.69) is 0 Å². The average molecular weight is 133 g/mol. The van der Waals surface area contributed by atoms with Gasteiger partial charge < -0.3 is 0 Å². The molecule has 0 aliphatic rings. The van der Waals surface area contributed by atoms with Gasteiger partial charge in [0.2, 0.25) is 6.30 Å². The van der Waals surface area contributed by atoms with Crippen LogP contribution < -0.4 is 5.73 Å². The highest BCUT2D eigenvalue weighted by atomic mass is 19.1. The van der Waals surface area contributed by atoms with Crippen LogP contribution in [0.2, 0.25) is 0 Å². The van der Waals surface area contributed by atoms with E-state index in [4.69, 9.17) is 5.73 Å². The van der Waals surface area contributed by atoms with Crippen LogP contribution in [0.1, 0.15) is 20.8 Å². The second-order valence-corrected chi connectivity index (χ2v) is 3.02. The number of Topliss-reactive ketones (excluding diaryl/α,β-unsaturated/α-hetero) is 1. The smallest absolute Gasteiger partial charge is 0.208 e. The van der Waals surface area contributed by atoms with Gasteiger partial charge in [-0.05, 0) is 0 Å². The molecule has 3 heteroatoms. The fourth-order valence-electron chi connectivity index (χ4n) is 0.414. The van der Waals surface area contributed by atoms with Crippen molar-refractivity contribution in [2.24, 2.45) is 11.1 Å². The lowest BCUT2D eigenvalue weighted by molar-refractivity contribution is -0.131. The first-order chi connectivity index (χ1) is 3.85. The van der Waals surface area contributed by atoms with Gasteiger partial charge in [-0.2, -0.15) is 0 Å². The molecule has 0 spiro atoms. The highest BCUT2D eigenvalue weighted by molar-refractivity contribution is 5.87. The Bertz CT molecular complexity index is 115. The molecule has 0 rings (SSSR count). The Morgan fingerprint density at radius 1 is 1.56 bits per heavy atom. The molecule has 0 aromatic heterocycles. The van der Waals surface area contributed by atoms with Gasteiger partial charge in [0.1, 0.15) is 0 Å². The maximum atomic E-state index is 12.0. The van der Waals surface area contributed by atoms with Crippen molar-refractivity contribution < 1.29 is 9.18 Å². The molecule has 0 aromatic rings. The zero-order chi connectivity index (χ0) is 7.65. The van der Waals surface area contributed by atoms with E-state index >= 15 is 0 Å². The van der Waals surface area contributed by atoms with Crippen LogP contribution in [0.15, 0.2) is 0 Å². The van der Waals surface area contributed by atoms with E-state index in [0.29, 0.717) is 0 Å². The fraction of sp³-hybridized carbons (Fsp3) is 0.833. The Hall–Kier alpha value is -0.440. The van der Waals surface area contributed by atoms with Crippen LogP contribution in [0.4, 0.5) is 4.39 Å². The van der Waals surface area contributed by atoms with E-state index in [-0.39, 0.29) is 0 Å². The first kappa shape index (κ1) is 8.56. The quantitative estimate of drug-likeness (QED) is 0.539. The Kier molecular flexibility index (Phi) is 2.32. The molecule has 0 heterocycles. The number of carbonyl (C=O) groups excluding carboxylic acids is 1. The Balaban J connectivity index is 4.06. The lowest BCUT2D eigenvalue weighted by Gasteiger charge is -2.16. The number of rotatable bonds is 1. The van der Waals surface area contributed by atoms with Crippen LogP contribution in [-0.4, -0.2) is 12.1 Å². The third kappa shape index (κ3) is 2.56. The van der Waals surface area contributed by atoms with Gasteiger partial charge in [-0.1, -0.05) is 20.8 Å². The Labute approximate surface area is 54.2 Å². The molecule has 0 aliphatic heterocycles. The summed E-state index contributed by atoms with van der Waals surface area (Å²) in [7, 11) is 0. The molecule has 0 bridgehead atoms. The number of carbonyl (C=O) groups is 1. The molecule has 9 heavy (non-hydrogen) atoms. The lowest BCUT2D eigenvalue weighted by atomic mass is 9.90. The fourth-order valence-corrected chi connectivity index (χ4v) is 0.414. The van der Waals surface area contributed by atoms with Gasteiger partial charge >= 0.3 is 0 Å². The minimum Gasteiger partial charge on any atom is -0.295 e. The SMILES string of the molecule is CC(C)(C)C(=O)C(N)F. The zero-order valence-corrected chi connectivity index (χ0v) is 5.94. The molecule has 2 nitrogen and oxygen atoms in total. The van der Waals surface area contributed by atoms with Crippen LogP contribution in [-0.2, 0) is 4.79 Å². The van der Waals surface area contributed by atoms with E-state index in [1.807, 2.05) is 0 Å². The van der Waals surface area contributed by atoms with Crippen molar-refractivity contribution in [2.45, 2.75) is 27.1 Å². The van der Waals surface area contributed by atoms with Crippen LogP contribution in [0, 0.1) is 5.41 Å². The molecular formula is C6H12FNO. The van der Waals surface area contributed by atoms with Gasteiger partial charge in [0.15, 0.2) is 5.78 Å². The summed E-state index contributed by atoms with van der Waals surface area (Å²) in [5, 5.41) is 0. The molecule has 0 amide bonds. The standard InChI is InChI=1S/C6H12FNO/c1-6(2,3)4(9)5(7)8/h5H,8H2,1-3H3. The summed E-state index contributed by atoms with van der Waals surface area (Å²) in [6.45, 7) is 4.90. The van der Waals surface area contributed by atoms with Gasteiger partial charge in [0, 0.05) is 5.41 Å². The number of halogens is 1. The summed E-state index contributed by atoms with van der Waals surface area (Å²) in [5.74, 6) is -0.553. The van der Waals surface area contributed by atoms with E-state index in [0.717, 1.165) is 0 Å². The molecule has 0 aliphatic carbocycles. The van der Waals surface area contributed by atoms with E-state index < -0.39 is 17.5 Å². The Morgan fingerprint density at radius 3 is 1.89 bits per heavy atom. The predicted octanol–water partition coefficient (Wildman–Crippen LogP) is 0.856. The van der Waals surface area contributed by atoms with Crippen LogP contribution in [0.25, 0.3) is 0 Å². The summed E-state index contributed by atoms with van der Waals surface area (Å²) in [6.07, 6.45) is -1.83. The molecule has 0 radical (unpaired) electrons. The summed E-state index contributed by atoms with van der Waals surface area (Å²) in [4.78, 5) is 10.7. The molecular weight excluding hydrogens is 121 g/mol. The average Bonchev–Trinajstić information content (AvgIpc) is 1.62. The third-order valence-corrected chi connectivity index (χ3v) is 0.990. The first-order valence-electron chi connectivity index (χ1n) is 2.79. The zero-order valence-electron chi connectivity index (χ0n) is 5.94. The summed E-state index contributed by atoms with van der Waals surface area (Å²) in [6, 6.07) is 0. The molecule has 2 N–H and O–H groups in total. The molecule has 0 saturated carbocycles. The number of alkyl halides is 1. The van der Waals surface area contributed by atoms with Crippen molar-refractivity contribution in [1.29, 1.82) is 0 Å². The number of hydrogen-bond acceptors (Lipinski definition) is 2. The van der Waals surface area contributed by atoms with Gasteiger partial charge in [0.25, 0.3) is 0 Å². The van der Waals surface area contributed by atoms with Crippen molar-refractivity contribution >= 4 is 5.78 Å². The molecule has 0 aromatic carbocycles. The first-order valence-corrected chi connectivity index (χ1v) is 2.79. The predicted molar refractivity (Wildman–Crippen MR) is 33.5 cm³/mol. The van der Waals surface area contributed by atoms with Crippen LogP contribution >= 0.6 is 0 Å². The maximum absolute atomic E-state index is 12.0. The highest BCUT2D eigenvalue weighted by Crippen LogP contribution is 2.15. The summed E-state index contributed by atoms with van der Waals surface area (Å²) < 4.78 is 12.0. The molecule has 1 unspecified atom stereocenters. The van der Waals surface area contributed by atoms with E-state index in [1.165, 1.54) is 0 Å². The second-order valence-electron chi connectivity index (χ2n) is 3.02. The highest BCUT2D eigenvalue weighted by Gasteiger charge is 2.26. The van der Waals surface area contributed by atoms with Gasteiger partial charge in [-0.3, -0.25) is 10.5 Å². The maximum Gasteiger partial charge on any atom is 0.208 e. The van der Waals surface area contributed by atoms with Crippen molar-refractivity contribution in [1.82, 2.24) is 0 Å². The van der Waals surface area contributed by atoms with Gasteiger partial charge in [-0.15, -0.1) is 0 Å².